The van der Waals surface area contributed by atoms with Crippen molar-refractivity contribution in [3.05, 3.63) is 35.4 Å². The lowest BCUT2D eigenvalue weighted by Gasteiger charge is -2.28. The molecule has 0 aliphatic heterocycles. The number of hydrogen-bond acceptors (Lipinski definition) is 2. The Bertz CT molecular complexity index is 423. The van der Waals surface area contributed by atoms with E-state index >= 15 is 0 Å². The van der Waals surface area contributed by atoms with Gasteiger partial charge < -0.3 is 10.4 Å². The lowest BCUT2D eigenvalue weighted by atomic mass is 9.82. The molecule has 2 heteroatoms. The molecule has 2 aliphatic rings. The van der Waals surface area contributed by atoms with Gasteiger partial charge in [0.1, 0.15) is 0 Å². The van der Waals surface area contributed by atoms with E-state index in [1.807, 2.05) is 0 Å². The molecule has 1 saturated carbocycles. The second kappa shape index (κ2) is 6.73. The van der Waals surface area contributed by atoms with Crippen molar-refractivity contribution in [2.24, 2.45) is 5.92 Å². The minimum absolute atomic E-state index is 0.0310. The van der Waals surface area contributed by atoms with Crippen LogP contribution in [0.25, 0.3) is 0 Å². The molecule has 1 atom stereocenters. The zero-order chi connectivity index (χ0) is 13.8. The first-order chi connectivity index (χ1) is 9.83. The van der Waals surface area contributed by atoms with Crippen LogP contribution < -0.4 is 5.32 Å². The van der Waals surface area contributed by atoms with Crippen molar-refractivity contribution in [3.63, 3.8) is 0 Å². The Morgan fingerprint density at radius 3 is 2.65 bits per heavy atom. The predicted molar refractivity (Wildman–Crippen MR) is 83.0 cm³/mol. The van der Waals surface area contributed by atoms with Crippen LogP contribution in [0, 0.1) is 5.92 Å². The van der Waals surface area contributed by atoms with Crippen molar-refractivity contribution in [1.82, 2.24) is 5.32 Å². The molecular formula is C18H27NO. The van der Waals surface area contributed by atoms with Gasteiger partial charge in [-0.3, -0.25) is 0 Å². The third kappa shape index (κ3) is 3.42. The zero-order valence-electron chi connectivity index (χ0n) is 12.4. The minimum Gasteiger partial charge on any atom is -0.393 e. The highest BCUT2D eigenvalue weighted by molar-refractivity contribution is 5.32. The number of aliphatic hydroxyl groups excluding tert-OH is 1. The Balaban J connectivity index is 1.47. The summed E-state index contributed by atoms with van der Waals surface area (Å²) < 4.78 is 0. The van der Waals surface area contributed by atoms with E-state index in [4.69, 9.17) is 0 Å². The quantitative estimate of drug-likeness (QED) is 0.882. The van der Waals surface area contributed by atoms with Crippen LogP contribution in [0.5, 0.6) is 0 Å². The van der Waals surface area contributed by atoms with Crippen LogP contribution >= 0.6 is 0 Å². The van der Waals surface area contributed by atoms with E-state index in [1.54, 1.807) is 11.1 Å². The van der Waals surface area contributed by atoms with Crippen molar-refractivity contribution < 1.29 is 5.11 Å². The lowest BCUT2D eigenvalue weighted by Crippen LogP contribution is -2.31. The van der Waals surface area contributed by atoms with Crippen LogP contribution in [-0.2, 0) is 6.42 Å². The summed E-state index contributed by atoms with van der Waals surface area (Å²) in [6.07, 6.45) is 8.26. The largest absolute Gasteiger partial charge is 0.393 e. The smallest absolute Gasteiger partial charge is 0.0540 e. The molecule has 0 aromatic heterocycles. The fourth-order valence-electron chi connectivity index (χ4n) is 3.88. The summed E-state index contributed by atoms with van der Waals surface area (Å²) in [6, 6.07) is 8.96. The van der Waals surface area contributed by atoms with Gasteiger partial charge >= 0.3 is 0 Å². The molecule has 0 bridgehead atoms. The first-order valence-electron chi connectivity index (χ1n) is 8.29. The van der Waals surface area contributed by atoms with E-state index in [0.29, 0.717) is 5.92 Å². The molecule has 1 aromatic carbocycles. The first-order valence-corrected chi connectivity index (χ1v) is 8.29. The summed E-state index contributed by atoms with van der Waals surface area (Å²) in [7, 11) is 0. The monoisotopic (exact) mass is 273 g/mol. The third-order valence-corrected chi connectivity index (χ3v) is 5.13. The van der Waals surface area contributed by atoms with Gasteiger partial charge in [-0.1, -0.05) is 24.3 Å². The molecule has 0 spiro atoms. The average molecular weight is 273 g/mol. The summed E-state index contributed by atoms with van der Waals surface area (Å²) in [5.41, 5.74) is 3.14. The van der Waals surface area contributed by atoms with Crippen molar-refractivity contribution in [2.45, 2.75) is 57.0 Å². The molecule has 1 fully saturated rings. The molecule has 20 heavy (non-hydrogen) atoms. The number of fused-ring (bicyclic) bond motifs is 1. The van der Waals surface area contributed by atoms with E-state index in [0.717, 1.165) is 31.8 Å². The summed E-state index contributed by atoms with van der Waals surface area (Å²) in [5, 5.41) is 13.2. The highest BCUT2D eigenvalue weighted by atomic mass is 16.3. The SMILES string of the molecule is OC1CCC(CNCC2CCCc3ccccc32)CC1. The Labute approximate surface area is 122 Å². The van der Waals surface area contributed by atoms with Crippen LogP contribution in [0.1, 0.15) is 55.6 Å². The fraction of sp³-hybridized carbons (Fsp3) is 0.667. The van der Waals surface area contributed by atoms with Gasteiger partial charge in [-0.2, -0.15) is 0 Å². The number of aryl methyl sites for hydroxylation is 1. The third-order valence-electron chi connectivity index (χ3n) is 5.13. The Hall–Kier alpha value is -0.860. The number of benzene rings is 1. The van der Waals surface area contributed by atoms with E-state index in [-0.39, 0.29) is 6.10 Å². The molecule has 1 unspecified atom stereocenters. The lowest BCUT2D eigenvalue weighted by molar-refractivity contribution is 0.108. The zero-order valence-corrected chi connectivity index (χ0v) is 12.4. The second-order valence-corrected chi connectivity index (χ2v) is 6.62. The van der Waals surface area contributed by atoms with Crippen LogP contribution in [0.2, 0.25) is 0 Å². The maximum absolute atomic E-state index is 9.55. The minimum atomic E-state index is -0.0310. The standard InChI is InChI=1S/C18H27NO/c20-17-10-8-14(9-11-17)12-19-13-16-6-3-5-15-4-1-2-7-18(15)16/h1-2,4,7,14,16-17,19-20H,3,5-6,8-13H2. The molecule has 3 rings (SSSR count). The van der Waals surface area contributed by atoms with Crippen molar-refractivity contribution in [1.29, 1.82) is 0 Å². The van der Waals surface area contributed by atoms with Crippen LogP contribution in [0.3, 0.4) is 0 Å². The van der Waals surface area contributed by atoms with Crippen LogP contribution in [-0.4, -0.2) is 24.3 Å². The second-order valence-electron chi connectivity index (χ2n) is 6.62. The Morgan fingerprint density at radius 2 is 1.80 bits per heavy atom. The van der Waals surface area contributed by atoms with Gasteiger partial charge in [-0.05, 0) is 74.5 Å². The van der Waals surface area contributed by atoms with E-state index in [9.17, 15) is 5.11 Å². The van der Waals surface area contributed by atoms with Gasteiger partial charge in [-0.25, -0.2) is 0 Å². The highest BCUT2D eigenvalue weighted by Gasteiger charge is 2.21. The van der Waals surface area contributed by atoms with Gasteiger partial charge in [-0.15, -0.1) is 0 Å². The summed E-state index contributed by atoms with van der Waals surface area (Å²) >= 11 is 0. The molecule has 0 amide bonds. The van der Waals surface area contributed by atoms with E-state index in [2.05, 4.69) is 29.6 Å². The number of rotatable bonds is 4. The maximum Gasteiger partial charge on any atom is 0.0540 e. The molecule has 2 aliphatic carbocycles. The van der Waals surface area contributed by atoms with Gasteiger partial charge in [0.15, 0.2) is 0 Å². The molecule has 0 radical (unpaired) electrons. The van der Waals surface area contributed by atoms with Gasteiger partial charge in [0.05, 0.1) is 6.10 Å². The molecular weight excluding hydrogens is 246 g/mol. The average Bonchev–Trinajstić information content (AvgIpc) is 2.49. The normalized spacial score (nSPS) is 29.9. The van der Waals surface area contributed by atoms with E-state index < -0.39 is 0 Å². The molecule has 1 aromatic rings. The number of hydrogen-bond donors (Lipinski definition) is 2. The molecule has 2 N–H and O–H groups in total. The number of aliphatic hydroxyl groups is 1. The highest BCUT2D eigenvalue weighted by Crippen LogP contribution is 2.31. The Kier molecular flexibility index (Phi) is 4.74. The first kappa shape index (κ1) is 14.1. The van der Waals surface area contributed by atoms with E-state index in [1.165, 1.54) is 32.1 Å². The summed E-state index contributed by atoms with van der Waals surface area (Å²) in [6.45, 7) is 2.25. The van der Waals surface area contributed by atoms with Crippen LogP contribution in [0.4, 0.5) is 0 Å². The van der Waals surface area contributed by atoms with Gasteiger partial charge in [0.25, 0.3) is 0 Å². The number of nitrogens with one attached hydrogen (secondary N) is 1. The van der Waals surface area contributed by atoms with Gasteiger partial charge in [0.2, 0.25) is 0 Å². The topological polar surface area (TPSA) is 32.3 Å². The molecule has 0 heterocycles. The molecule has 110 valence electrons. The van der Waals surface area contributed by atoms with Gasteiger partial charge in [0, 0.05) is 6.54 Å². The predicted octanol–water partition coefficient (Wildman–Crippen LogP) is 3.25. The van der Waals surface area contributed by atoms with Crippen molar-refractivity contribution in [2.75, 3.05) is 13.1 Å². The van der Waals surface area contributed by atoms with Crippen molar-refractivity contribution >= 4 is 0 Å². The van der Waals surface area contributed by atoms with Crippen LogP contribution in [0.15, 0.2) is 24.3 Å². The molecule has 0 saturated heterocycles. The summed E-state index contributed by atoms with van der Waals surface area (Å²) in [5.74, 6) is 1.48. The van der Waals surface area contributed by atoms with Crippen molar-refractivity contribution in [3.8, 4) is 0 Å². The summed E-state index contributed by atoms with van der Waals surface area (Å²) in [4.78, 5) is 0. The Morgan fingerprint density at radius 1 is 1.00 bits per heavy atom. The fourth-order valence-corrected chi connectivity index (χ4v) is 3.88. The molecule has 2 nitrogen and oxygen atoms in total. The maximum atomic E-state index is 9.55.